The number of nitrogens with zero attached hydrogens (tertiary/aromatic N) is 4. The molecule has 1 atom stereocenters. The number of fused-ring (bicyclic) bond motifs is 3. The fraction of sp³-hybridized carbons (Fsp3) is 0.133. The molecule has 3 heterocycles. The van der Waals surface area contributed by atoms with Crippen molar-refractivity contribution < 1.29 is 9.53 Å². The monoisotopic (exact) mass is 489 g/mol. The third-order valence-electron chi connectivity index (χ3n) is 6.80. The molecule has 0 unspecified atom stereocenters. The summed E-state index contributed by atoms with van der Waals surface area (Å²) in [5, 5.41) is 8.00. The van der Waals surface area contributed by atoms with E-state index >= 15 is 0 Å². The predicted octanol–water partition coefficient (Wildman–Crippen LogP) is 6.12. The van der Waals surface area contributed by atoms with Crippen LogP contribution in [-0.2, 0) is 6.54 Å². The van der Waals surface area contributed by atoms with Gasteiger partial charge in [-0.1, -0.05) is 48.5 Å². The van der Waals surface area contributed by atoms with Crippen molar-refractivity contribution in [3.8, 4) is 17.3 Å². The predicted molar refractivity (Wildman–Crippen MR) is 143 cm³/mol. The van der Waals surface area contributed by atoms with Crippen LogP contribution in [0.5, 0.6) is 5.75 Å². The highest BCUT2D eigenvalue weighted by Crippen LogP contribution is 2.39. The quantitative estimate of drug-likeness (QED) is 0.331. The van der Waals surface area contributed by atoms with Gasteiger partial charge in [0.1, 0.15) is 11.6 Å². The maximum absolute atomic E-state index is 13.9. The van der Waals surface area contributed by atoms with Gasteiger partial charge >= 0.3 is 6.03 Å². The number of para-hydroxylation sites is 2. The van der Waals surface area contributed by atoms with E-state index in [0.717, 1.165) is 45.5 Å². The number of rotatable bonds is 4. The summed E-state index contributed by atoms with van der Waals surface area (Å²) in [5.41, 5.74) is 5.56. The van der Waals surface area contributed by atoms with E-state index in [9.17, 15) is 4.79 Å². The minimum absolute atomic E-state index is 0.181. The molecule has 0 aliphatic carbocycles. The third kappa shape index (κ3) is 4.04. The van der Waals surface area contributed by atoms with Gasteiger partial charge in [0, 0.05) is 17.4 Å². The zero-order valence-corrected chi connectivity index (χ0v) is 20.7. The molecule has 1 N–H and O–H groups in total. The number of benzene rings is 3. The molecule has 2 amide bonds. The standard InChI is InChI=1S/C30H27N5O2/c1-21-26-20-34(30(36)31-23-10-5-3-6-11-23)28(22-15-17-25(37-2)18-16-22)27-14-9-19-33(27)29(26)35(32-21)24-12-7-4-8-13-24/h3-19,28H,20H2,1-2H3,(H,31,36)/t28-/m0/s1. The van der Waals surface area contributed by atoms with Crippen molar-refractivity contribution in [3.05, 3.63) is 126 Å². The minimum Gasteiger partial charge on any atom is -0.497 e. The minimum atomic E-state index is -0.333. The zero-order valence-electron chi connectivity index (χ0n) is 20.7. The Labute approximate surface area is 215 Å². The molecule has 0 bridgehead atoms. The Balaban J connectivity index is 1.53. The smallest absolute Gasteiger partial charge is 0.322 e. The van der Waals surface area contributed by atoms with Crippen molar-refractivity contribution in [2.24, 2.45) is 0 Å². The molecule has 0 fully saturated rings. The summed E-state index contributed by atoms with van der Waals surface area (Å²) < 4.78 is 9.53. The van der Waals surface area contributed by atoms with Gasteiger partial charge in [-0.2, -0.15) is 5.10 Å². The Bertz CT molecular complexity index is 1540. The highest BCUT2D eigenvalue weighted by Gasteiger charge is 2.36. The largest absolute Gasteiger partial charge is 0.497 e. The lowest BCUT2D eigenvalue weighted by Crippen LogP contribution is -2.38. The lowest BCUT2D eigenvalue weighted by atomic mass is 10.0. The number of anilines is 1. The van der Waals surface area contributed by atoms with Crippen LogP contribution < -0.4 is 10.1 Å². The van der Waals surface area contributed by atoms with Gasteiger partial charge in [0.2, 0.25) is 0 Å². The van der Waals surface area contributed by atoms with Crippen LogP contribution in [0.1, 0.15) is 28.6 Å². The molecule has 0 saturated heterocycles. The van der Waals surface area contributed by atoms with Gasteiger partial charge in [-0.15, -0.1) is 0 Å². The van der Waals surface area contributed by atoms with Crippen LogP contribution in [0.25, 0.3) is 11.5 Å². The summed E-state index contributed by atoms with van der Waals surface area (Å²) in [6.07, 6.45) is 2.05. The van der Waals surface area contributed by atoms with Crippen molar-refractivity contribution in [1.82, 2.24) is 19.2 Å². The first-order valence-electron chi connectivity index (χ1n) is 12.2. The fourth-order valence-electron chi connectivity index (χ4n) is 5.00. The second kappa shape index (κ2) is 9.35. The Kier molecular flexibility index (Phi) is 5.73. The summed E-state index contributed by atoms with van der Waals surface area (Å²) in [7, 11) is 1.65. The highest BCUT2D eigenvalue weighted by atomic mass is 16.5. The summed E-state index contributed by atoms with van der Waals surface area (Å²) >= 11 is 0. The first-order chi connectivity index (χ1) is 18.1. The molecule has 7 heteroatoms. The number of urea groups is 1. The second-order valence-corrected chi connectivity index (χ2v) is 9.04. The molecule has 0 saturated carbocycles. The number of hydrogen-bond acceptors (Lipinski definition) is 3. The number of carbonyl (C=O) groups excluding carboxylic acids is 1. The SMILES string of the molecule is COc1ccc([C@H]2c3cccn3-c3c(c(C)nn3-c3ccccc3)CN2C(=O)Nc2ccccc2)cc1. The topological polar surface area (TPSA) is 64.3 Å². The number of amides is 2. The van der Waals surface area contributed by atoms with Crippen molar-refractivity contribution >= 4 is 11.7 Å². The average molecular weight is 490 g/mol. The van der Waals surface area contributed by atoms with Crippen molar-refractivity contribution in [2.75, 3.05) is 12.4 Å². The summed E-state index contributed by atoms with van der Waals surface area (Å²) in [5.74, 6) is 1.71. The summed E-state index contributed by atoms with van der Waals surface area (Å²) in [4.78, 5) is 15.8. The molecule has 7 nitrogen and oxygen atoms in total. The molecular weight excluding hydrogens is 462 g/mol. The molecule has 1 aliphatic heterocycles. The molecule has 37 heavy (non-hydrogen) atoms. The molecule has 6 rings (SSSR count). The number of aryl methyl sites for hydroxylation is 1. The molecular formula is C30H27N5O2. The number of hydrogen-bond donors (Lipinski definition) is 1. The number of ether oxygens (including phenoxy) is 1. The molecule has 2 aromatic heterocycles. The van der Waals surface area contributed by atoms with Gasteiger partial charge in [-0.05, 0) is 61.0 Å². The number of carbonyl (C=O) groups is 1. The van der Waals surface area contributed by atoms with Gasteiger partial charge in [0.05, 0.1) is 36.8 Å². The maximum Gasteiger partial charge on any atom is 0.322 e. The van der Waals surface area contributed by atoms with Crippen molar-refractivity contribution in [2.45, 2.75) is 19.5 Å². The maximum atomic E-state index is 13.9. The van der Waals surface area contributed by atoms with Gasteiger partial charge in [-0.3, -0.25) is 0 Å². The van der Waals surface area contributed by atoms with Crippen LogP contribution in [0, 0.1) is 6.92 Å². The normalized spacial score (nSPS) is 14.4. The highest BCUT2D eigenvalue weighted by molar-refractivity contribution is 5.90. The van der Waals surface area contributed by atoms with E-state index < -0.39 is 0 Å². The van der Waals surface area contributed by atoms with E-state index in [1.54, 1.807) is 7.11 Å². The van der Waals surface area contributed by atoms with Gasteiger partial charge in [0.15, 0.2) is 0 Å². The van der Waals surface area contributed by atoms with E-state index in [2.05, 4.69) is 16.0 Å². The molecule has 5 aromatic rings. The van der Waals surface area contributed by atoms with Crippen LogP contribution in [-0.4, -0.2) is 32.4 Å². The first kappa shape index (κ1) is 22.7. The number of methoxy groups -OCH3 is 1. The molecule has 1 aliphatic rings. The van der Waals surface area contributed by atoms with Crippen molar-refractivity contribution in [1.29, 1.82) is 0 Å². The number of aromatic nitrogens is 3. The Morgan fingerprint density at radius 3 is 2.32 bits per heavy atom. The first-order valence-corrected chi connectivity index (χ1v) is 12.2. The lowest BCUT2D eigenvalue weighted by Gasteiger charge is -2.31. The van der Waals surface area contributed by atoms with E-state index in [1.165, 1.54) is 0 Å². The van der Waals surface area contributed by atoms with Crippen LogP contribution in [0.3, 0.4) is 0 Å². The Morgan fingerprint density at radius 1 is 0.919 bits per heavy atom. The summed E-state index contributed by atoms with van der Waals surface area (Å²) in [6, 6.07) is 31.1. The third-order valence-corrected chi connectivity index (χ3v) is 6.80. The van der Waals surface area contributed by atoms with Gasteiger partial charge < -0.3 is 19.5 Å². The molecule has 184 valence electrons. The molecule has 0 spiro atoms. The zero-order chi connectivity index (χ0) is 25.4. The van der Waals surface area contributed by atoms with Crippen LogP contribution >= 0.6 is 0 Å². The second-order valence-electron chi connectivity index (χ2n) is 9.04. The average Bonchev–Trinajstić information content (AvgIpc) is 3.50. The van der Waals surface area contributed by atoms with Crippen molar-refractivity contribution in [3.63, 3.8) is 0 Å². The fourth-order valence-corrected chi connectivity index (χ4v) is 5.00. The Hall–Kier alpha value is -4.78. The summed E-state index contributed by atoms with van der Waals surface area (Å²) in [6.45, 7) is 2.40. The van der Waals surface area contributed by atoms with Gasteiger partial charge in [-0.25, -0.2) is 9.48 Å². The molecule has 3 aromatic carbocycles. The van der Waals surface area contributed by atoms with Crippen LogP contribution in [0.2, 0.25) is 0 Å². The van der Waals surface area contributed by atoms with Crippen LogP contribution in [0.4, 0.5) is 10.5 Å². The Morgan fingerprint density at radius 2 is 1.62 bits per heavy atom. The van der Waals surface area contributed by atoms with Gasteiger partial charge in [0.25, 0.3) is 0 Å². The van der Waals surface area contributed by atoms with E-state index in [-0.39, 0.29) is 12.1 Å². The van der Waals surface area contributed by atoms with E-state index in [1.807, 2.05) is 114 Å². The van der Waals surface area contributed by atoms with Crippen LogP contribution in [0.15, 0.2) is 103 Å². The molecule has 0 radical (unpaired) electrons. The van der Waals surface area contributed by atoms with E-state index in [0.29, 0.717) is 6.54 Å². The lowest BCUT2D eigenvalue weighted by molar-refractivity contribution is 0.194. The van der Waals surface area contributed by atoms with E-state index in [4.69, 9.17) is 9.84 Å². The number of nitrogens with one attached hydrogen (secondary N) is 1.